The highest BCUT2D eigenvalue weighted by Gasteiger charge is 2.37. The largest absolute Gasteiger partial charge is 0.353 e. The Balaban J connectivity index is 2.10. The van der Waals surface area contributed by atoms with Crippen LogP contribution in [-0.4, -0.2) is 24.4 Å². The summed E-state index contributed by atoms with van der Waals surface area (Å²) in [5.74, 6) is -1.00. The van der Waals surface area contributed by atoms with Crippen LogP contribution in [0, 0.1) is 5.92 Å². The number of amides is 2. The molecule has 0 aliphatic carbocycles. The molecule has 1 fully saturated rings. The predicted molar refractivity (Wildman–Crippen MR) is 84.8 cm³/mol. The van der Waals surface area contributed by atoms with Crippen molar-refractivity contribution in [1.82, 2.24) is 5.32 Å². The summed E-state index contributed by atoms with van der Waals surface area (Å²) in [6.07, 6.45) is 1.35. The van der Waals surface area contributed by atoms with E-state index in [0.29, 0.717) is 28.7 Å². The first-order valence-electron chi connectivity index (χ1n) is 7.00. The average molecular weight is 329 g/mol. The summed E-state index contributed by atoms with van der Waals surface area (Å²) < 4.78 is 0. The number of nitrogens with one attached hydrogen (secondary N) is 1. The summed E-state index contributed by atoms with van der Waals surface area (Å²) >= 11 is 11.9. The van der Waals surface area contributed by atoms with Gasteiger partial charge in [-0.3, -0.25) is 9.59 Å². The van der Waals surface area contributed by atoms with Crippen LogP contribution in [0.1, 0.15) is 26.7 Å². The Hall–Kier alpha value is -1.26. The zero-order valence-electron chi connectivity index (χ0n) is 12.0. The molecule has 2 rings (SSSR count). The van der Waals surface area contributed by atoms with Gasteiger partial charge < -0.3 is 10.2 Å². The van der Waals surface area contributed by atoms with Crippen molar-refractivity contribution in [2.75, 3.05) is 11.4 Å². The number of nitrogens with zero attached hydrogens (tertiary/aromatic N) is 1. The van der Waals surface area contributed by atoms with Crippen molar-refractivity contribution in [1.29, 1.82) is 0 Å². The van der Waals surface area contributed by atoms with Crippen LogP contribution in [0.25, 0.3) is 0 Å². The maximum atomic E-state index is 12.4. The Kier molecular flexibility index (Phi) is 5.12. The summed E-state index contributed by atoms with van der Waals surface area (Å²) in [6.45, 7) is 4.42. The lowest BCUT2D eigenvalue weighted by atomic mass is 10.1. The van der Waals surface area contributed by atoms with E-state index in [2.05, 4.69) is 5.32 Å². The van der Waals surface area contributed by atoms with Crippen LogP contribution in [0.3, 0.4) is 0 Å². The Bertz CT molecular complexity index is 563. The molecule has 2 atom stereocenters. The molecular weight excluding hydrogens is 311 g/mol. The van der Waals surface area contributed by atoms with Gasteiger partial charge in [-0.25, -0.2) is 0 Å². The molecule has 21 heavy (non-hydrogen) atoms. The smallest absolute Gasteiger partial charge is 0.239 e. The van der Waals surface area contributed by atoms with E-state index < -0.39 is 5.92 Å². The van der Waals surface area contributed by atoms with Crippen LogP contribution >= 0.6 is 23.2 Å². The van der Waals surface area contributed by atoms with Crippen LogP contribution in [0.15, 0.2) is 18.2 Å². The van der Waals surface area contributed by atoms with Crippen LogP contribution < -0.4 is 10.2 Å². The number of benzene rings is 1. The molecule has 0 aromatic heterocycles. The van der Waals surface area contributed by atoms with Gasteiger partial charge >= 0.3 is 0 Å². The first kappa shape index (κ1) is 16.1. The molecular formula is C15H18Cl2N2O2. The highest BCUT2D eigenvalue weighted by molar-refractivity contribution is 6.42. The van der Waals surface area contributed by atoms with E-state index in [0.717, 1.165) is 6.42 Å². The third-order valence-corrected chi connectivity index (χ3v) is 4.48. The van der Waals surface area contributed by atoms with Crippen LogP contribution in [-0.2, 0) is 9.59 Å². The lowest BCUT2D eigenvalue weighted by Gasteiger charge is -2.18. The first-order valence-corrected chi connectivity index (χ1v) is 7.76. The number of rotatable bonds is 4. The van der Waals surface area contributed by atoms with Crippen molar-refractivity contribution in [2.45, 2.75) is 32.7 Å². The summed E-state index contributed by atoms with van der Waals surface area (Å²) in [6, 6.07) is 5.11. The molecule has 0 bridgehead atoms. The SMILES string of the molecule is CC[C@@H](C)NC(=O)[C@H]1CCN(c2ccc(Cl)c(Cl)c2)C1=O. The number of hydrogen-bond donors (Lipinski definition) is 1. The van der Waals surface area contributed by atoms with Gasteiger partial charge in [-0.1, -0.05) is 30.1 Å². The van der Waals surface area contributed by atoms with E-state index in [1.54, 1.807) is 23.1 Å². The van der Waals surface area contributed by atoms with Crippen molar-refractivity contribution in [3.8, 4) is 0 Å². The quantitative estimate of drug-likeness (QED) is 0.862. The van der Waals surface area contributed by atoms with Crippen molar-refractivity contribution in [2.24, 2.45) is 5.92 Å². The fraction of sp³-hybridized carbons (Fsp3) is 0.467. The number of carbonyl (C=O) groups is 2. The fourth-order valence-corrected chi connectivity index (χ4v) is 2.57. The summed E-state index contributed by atoms with van der Waals surface area (Å²) in [7, 11) is 0. The van der Waals surface area contributed by atoms with Crippen LogP contribution in [0.2, 0.25) is 10.0 Å². The molecule has 114 valence electrons. The third-order valence-electron chi connectivity index (χ3n) is 3.74. The molecule has 1 aromatic carbocycles. The Morgan fingerprint density at radius 1 is 1.43 bits per heavy atom. The Labute approximate surface area is 134 Å². The molecule has 1 aromatic rings. The van der Waals surface area contributed by atoms with Gasteiger partial charge in [0, 0.05) is 18.3 Å². The molecule has 0 spiro atoms. The van der Waals surface area contributed by atoms with Crippen LogP contribution in [0.4, 0.5) is 5.69 Å². The molecule has 1 aliphatic heterocycles. The second-order valence-corrected chi connectivity index (χ2v) is 6.06. The second kappa shape index (κ2) is 6.67. The van der Waals surface area contributed by atoms with E-state index in [4.69, 9.17) is 23.2 Å². The van der Waals surface area contributed by atoms with Gasteiger partial charge in [-0.2, -0.15) is 0 Å². The Morgan fingerprint density at radius 2 is 2.14 bits per heavy atom. The maximum Gasteiger partial charge on any atom is 0.239 e. The second-order valence-electron chi connectivity index (χ2n) is 5.25. The summed E-state index contributed by atoms with van der Waals surface area (Å²) in [5.41, 5.74) is 0.674. The van der Waals surface area contributed by atoms with E-state index in [9.17, 15) is 9.59 Å². The number of carbonyl (C=O) groups excluding carboxylic acids is 2. The summed E-state index contributed by atoms with van der Waals surface area (Å²) in [4.78, 5) is 26.1. The first-order chi connectivity index (χ1) is 9.93. The highest BCUT2D eigenvalue weighted by Crippen LogP contribution is 2.31. The molecule has 1 N–H and O–H groups in total. The lowest BCUT2D eigenvalue weighted by molar-refractivity contribution is -0.132. The van der Waals surface area contributed by atoms with Gasteiger partial charge in [0.05, 0.1) is 10.0 Å². The summed E-state index contributed by atoms with van der Waals surface area (Å²) in [5, 5.41) is 3.70. The molecule has 1 aliphatic rings. The predicted octanol–water partition coefficient (Wildman–Crippen LogP) is 3.26. The number of anilines is 1. The molecule has 6 heteroatoms. The topological polar surface area (TPSA) is 49.4 Å². The number of halogens is 2. The molecule has 1 heterocycles. The zero-order valence-corrected chi connectivity index (χ0v) is 13.5. The van der Waals surface area contributed by atoms with Crippen molar-refractivity contribution >= 4 is 40.7 Å². The van der Waals surface area contributed by atoms with Gasteiger partial charge in [0.1, 0.15) is 5.92 Å². The molecule has 2 amide bonds. The van der Waals surface area contributed by atoms with Crippen LogP contribution in [0.5, 0.6) is 0 Å². The highest BCUT2D eigenvalue weighted by atomic mass is 35.5. The van der Waals surface area contributed by atoms with E-state index >= 15 is 0 Å². The van der Waals surface area contributed by atoms with E-state index in [1.807, 2.05) is 13.8 Å². The van der Waals surface area contributed by atoms with Gasteiger partial charge in [-0.05, 0) is 38.0 Å². The minimum absolute atomic E-state index is 0.0735. The fourth-order valence-electron chi connectivity index (χ4n) is 2.28. The van der Waals surface area contributed by atoms with Gasteiger partial charge in [0.2, 0.25) is 11.8 Å². The third kappa shape index (κ3) is 3.50. The van der Waals surface area contributed by atoms with E-state index in [1.165, 1.54) is 0 Å². The minimum atomic E-state index is -0.617. The molecule has 0 unspecified atom stereocenters. The zero-order chi connectivity index (χ0) is 15.6. The van der Waals surface area contributed by atoms with Crippen molar-refractivity contribution in [3.05, 3.63) is 28.2 Å². The van der Waals surface area contributed by atoms with Crippen molar-refractivity contribution < 1.29 is 9.59 Å². The lowest BCUT2D eigenvalue weighted by Crippen LogP contribution is -2.40. The molecule has 0 saturated carbocycles. The van der Waals surface area contributed by atoms with Gasteiger partial charge in [0.15, 0.2) is 0 Å². The molecule has 0 radical (unpaired) electrons. The maximum absolute atomic E-state index is 12.4. The standard InChI is InChI=1S/C15H18Cl2N2O2/c1-3-9(2)18-14(20)11-6-7-19(15(11)21)10-4-5-12(16)13(17)8-10/h4-5,8-9,11H,3,6-7H2,1-2H3,(H,18,20)/t9-,11-/m1/s1. The van der Waals surface area contributed by atoms with Crippen molar-refractivity contribution in [3.63, 3.8) is 0 Å². The van der Waals surface area contributed by atoms with Gasteiger partial charge in [0.25, 0.3) is 0 Å². The van der Waals surface area contributed by atoms with E-state index in [-0.39, 0.29) is 17.9 Å². The van der Waals surface area contributed by atoms with Gasteiger partial charge in [-0.15, -0.1) is 0 Å². The normalized spacial score (nSPS) is 19.7. The average Bonchev–Trinajstić information content (AvgIpc) is 2.83. The molecule has 1 saturated heterocycles. The monoisotopic (exact) mass is 328 g/mol. The Morgan fingerprint density at radius 3 is 2.76 bits per heavy atom. The molecule has 4 nitrogen and oxygen atoms in total. The minimum Gasteiger partial charge on any atom is -0.353 e. The number of hydrogen-bond acceptors (Lipinski definition) is 2.